The second-order valence-electron chi connectivity index (χ2n) is 5.83. The van der Waals surface area contributed by atoms with Crippen molar-refractivity contribution in [2.24, 2.45) is 0 Å². The topological polar surface area (TPSA) is 38.1 Å². The van der Waals surface area contributed by atoms with Gasteiger partial charge in [0, 0.05) is 18.4 Å². The predicted molar refractivity (Wildman–Crippen MR) is 88.9 cm³/mol. The molecular weight excluding hydrogens is 329 g/mol. The summed E-state index contributed by atoms with van der Waals surface area (Å²) in [5.74, 6) is 0.601. The predicted octanol–water partition coefficient (Wildman–Crippen LogP) is 4.42. The molecule has 0 aliphatic carbocycles. The molecule has 3 nitrogen and oxygen atoms in total. The maximum Gasteiger partial charge on any atom is 0.416 e. The highest BCUT2D eigenvalue weighted by Gasteiger charge is 2.29. The number of imidazole rings is 1. The van der Waals surface area contributed by atoms with Gasteiger partial charge >= 0.3 is 6.18 Å². The zero-order chi connectivity index (χ0) is 18.0. The zero-order valence-corrected chi connectivity index (χ0v) is 13.6. The van der Waals surface area contributed by atoms with Crippen LogP contribution in [0.15, 0.2) is 54.7 Å². The van der Waals surface area contributed by atoms with E-state index in [1.54, 1.807) is 6.20 Å². The molecule has 130 valence electrons. The lowest BCUT2D eigenvalue weighted by Crippen LogP contribution is -2.06. The number of hydrogen-bond donors (Lipinski definition) is 1. The lowest BCUT2D eigenvalue weighted by molar-refractivity contribution is -0.137. The SMILES string of the molecule is Cc1cnc(CO)n1Cc1ccc(-c2ccc(C(F)(F)F)cc2)cc1. The van der Waals surface area contributed by atoms with Crippen molar-refractivity contribution in [1.82, 2.24) is 9.55 Å². The molecule has 0 amide bonds. The molecule has 3 rings (SSSR count). The number of nitrogens with zero attached hydrogens (tertiary/aromatic N) is 2. The van der Waals surface area contributed by atoms with Crippen LogP contribution in [0.4, 0.5) is 13.2 Å². The summed E-state index contributed by atoms with van der Waals surface area (Å²) >= 11 is 0. The van der Waals surface area contributed by atoms with Gasteiger partial charge in [0.25, 0.3) is 0 Å². The van der Waals surface area contributed by atoms with Gasteiger partial charge in [0.1, 0.15) is 12.4 Å². The molecule has 0 bridgehead atoms. The molecule has 0 radical (unpaired) electrons. The van der Waals surface area contributed by atoms with Crippen molar-refractivity contribution in [3.8, 4) is 11.1 Å². The minimum Gasteiger partial charge on any atom is -0.388 e. The van der Waals surface area contributed by atoms with Crippen LogP contribution >= 0.6 is 0 Å². The lowest BCUT2D eigenvalue weighted by Gasteiger charge is -2.10. The maximum absolute atomic E-state index is 12.6. The van der Waals surface area contributed by atoms with Crippen LogP contribution in [-0.4, -0.2) is 14.7 Å². The summed E-state index contributed by atoms with van der Waals surface area (Å²) in [6, 6.07) is 12.7. The molecule has 0 aliphatic rings. The summed E-state index contributed by atoms with van der Waals surface area (Å²) in [6.45, 7) is 2.37. The maximum atomic E-state index is 12.6. The second kappa shape index (κ2) is 6.72. The fourth-order valence-corrected chi connectivity index (χ4v) is 2.69. The van der Waals surface area contributed by atoms with Crippen molar-refractivity contribution in [2.45, 2.75) is 26.3 Å². The monoisotopic (exact) mass is 346 g/mol. The molecule has 0 aliphatic heterocycles. The Kier molecular flexibility index (Phi) is 4.63. The van der Waals surface area contributed by atoms with E-state index < -0.39 is 11.7 Å². The van der Waals surface area contributed by atoms with E-state index in [0.717, 1.165) is 34.5 Å². The molecule has 6 heteroatoms. The minimum absolute atomic E-state index is 0.128. The van der Waals surface area contributed by atoms with Crippen molar-refractivity contribution in [2.75, 3.05) is 0 Å². The summed E-state index contributed by atoms with van der Waals surface area (Å²) < 4.78 is 39.8. The van der Waals surface area contributed by atoms with Crippen LogP contribution < -0.4 is 0 Å². The summed E-state index contributed by atoms with van der Waals surface area (Å²) in [7, 11) is 0. The normalized spacial score (nSPS) is 11.7. The molecule has 0 spiro atoms. The number of aliphatic hydroxyl groups excluding tert-OH is 1. The van der Waals surface area contributed by atoms with Gasteiger partial charge in [-0.05, 0) is 35.7 Å². The number of alkyl halides is 3. The van der Waals surface area contributed by atoms with E-state index in [-0.39, 0.29) is 6.61 Å². The van der Waals surface area contributed by atoms with Gasteiger partial charge in [-0.25, -0.2) is 4.98 Å². The van der Waals surface area contributed by atoms with Gasteiger partial charge in [0.2, 0.25) is 0 Å². The van der Waals surface area contributed by atoms with Crippen LogP contribution in [0, 0.1) is 6.92 Å². The molecule has 1 heterocycles. The molecule has 0 saturated heterocycles. The Labute approximate surface area is 143 Å². The fourth-order valence-electron chi connectivity index (χ4n) is 2.69. The first-order valence-corrected chi connectivity index (χ1v) is 7.77. The van der Waals surface area contributed by atoms with Gasteiger partial charge in [-0.1, -0.05) is 36.4 Å². The van der Waals surface area contributed by atoms with Gasteiger partial charge in [-0.15, -0.1) is 0 Å². The lowest BCUT2D eigenvalue weighted by atomic mass is 10.0. The first kappa shape index (κ1) is 17.2. The van der Waals surface area contributed by atoms with Crippen LogP contribution in [-0.2, 0) is 19.3 Å². The van der Waals surface area contributed by atoms with Crippen molar-refractivity contribution < 1.29 is 18.3 Å². The van der Waals surface area contributed by atoms with Crippen LogP contribution in [0.1, 0.15) is 22.6 Å². The first-order valence-electron chi connectivity index (χ1n) is 7.77. The Morgan fingerprint density at radius 1 is 0.960 bits per heavy atom. The quantitative estimate of drug-likeness (QED) is 0.759. The Hall–Kier alpha value is -2.60. The summed E-state index contributed by atoms with van der Waals surface area (Å²) in [6.07, 6.45) is -2.61. The zero-order valence-electron chi connectivity index (χ0n) is 13.6. The third kappa shape index (κ3) is 3.74. The smallest absolute Gasteiger partial charge is 0.388 e. The van der Waals surface area contributed by atoms with Crippen LogP contribution in [0.3, 0.4) is 0 Å². The minimum atomic E-state index is -4.32. The highest BCUT2D eigenvalue weighted by Crippen LogP contribution is 2.31. The third-order valence-corrected chi connectivity index (χ3v) is 4.12. The van der Waals surface area contributed by atoms with E-state index in [2.05, 4.69) is 4.98 Å². The van der Waals surface area contributed by atoms with Gasteiger partial charge in [0.15, 0.2) is 0 Å². The van der Waals surface area contributed by atoms with E-state index in [1.165, 1.54) is 12.1 Å². The van der Waals surface area contributed by atoms with Crippen molar-refractivity contribution in [3.63, 3.8) is 0 Å². The van der Waals surface area contributed by atoms with Gasteiger partial charge in [-0.3, -0.25) is 0 Å². The number of benzene rings is 2. The molecule has 0 unspecified atom stereocenters. The van der Waals surface area contributed by atoms with E-state index in [9.17, 15) is 18.3 Å². The van der Waals surface area contributed by atoms with Crippen molar-refractivity contribution >= 4 is 0 Å². The number of halogens is 3. The highest BCUT2D eigenvalue weighted by molar-refractivity contribution is 5.64. The Morgan fingerprint density at radius 2 is 1.52 bits per heavy atom. The molecule has 2 aromatic carbocycles. The average Bonchev–Trinajstić information content (AvgIpc) is 2.95. The standard InChI is InChI=1S/C19H17F3N2O/c1-13-10-23-18(12-25)24(13)11-14-2-4-15(5-3-14)16-6-8-17(9-7-16)19(20,21)22/h2-10,25H,11-12H2,1H3. The van der Waals surface area contributed by atoms with Crippen molar-refractivity contribution in [3.05, 3.63) is 77.4 Å². The number of hydrogen-bond acceptors (Lipinski definition) is 2. The van der Waals surface area contributed by atoms with Gasteiger partial charge in [-0.2, -0.15) is 13.2 Å². The summed E-state index contributed by atoms with van der Waals surface area (Å²) in [5.41, 5.74) is 2.90. The second-order valence-corrected chi connectivity index (χ2v) is 5.83. The molecule has 1 aromatic heterocycles. The van der Waals surface area contributed by atoms with Crippen LogP contribution in [0.25, 0.3) is 11.1 Å². The fraction of sp³-hybridized carbons (Fsp3) is 0.211. The number of rotatable bonds is 4. The van der Waals surface area contributed by atoms with Crippen LogP contribution in [0.5, 0.6) is 0 Å². The van der Waals surface area contributed by atoms with Gasteiger partial charge < -0.3 is 9.67 Å². The van der Waals surface area contributed by atoms with E-state index in [0.29, 0.717) is 12.4 Å². The highest BCUT2D eigenvalue weighted by atomic mass is 19.4. The first-order chi connectivity index (χ1) is 11.9. The molecule has 25 heavy (non-hydrogen) atoms. The Balaban J connectivity index is 1.79. The van der Waals surface area contributed by atoms with E-state index >= 15 is 0 Å². The Bertz CT molecular complexity index is 850. The molecule has 0 fully saturated rings. The molecule has 0 saturated carbocycles. The largest absolute Gasteiger partial charge is 0.416 e. The number of aryl methyl sites for hydroxylation is 1. The van der Waals surface area contributed by atoms with Crippen molar-refractivity contribution in [1.29, 1.82) is 0 Å². The summed E-state index contributed by atoms with van der Waals surface area (Å²) in [4.78, 5) is 4.14. The summed E-state index contributed by atoms with van der Waals surface area (Å²) in [5, 5.41) is 9.32. The van der Waals surface area contributed by atoms with Gasteiger partial charge in [0.05, 0.1) is 5.56 Å². The molecule has 0 atom stereocenters. The third-order valence-electron chi connectivity index (χ3n) is 4.12. The molecular formula is C19H17F3N2O. The Morgan fingerprint density at radius 3 is 2.04 bits per heavy atom. The average molecular weight is 346 g/mol. The molecule has 3 aromatic rings. The number of aromatic nitrogens is 2. The van der Waals surface area contributed by atoms with E-state index in [4.69, 9.17) is 0 Å². The number of aliphatic hydroxyl groups is 1. The van der Waals surface area contributed by atoms with E-state index in [1.807, 2.05) is 35.8 Å². The van der Waals surface area contributed by atoms with Crippen LogP contribution in [0.2, 0.25) is 0 Å². The molecule has 1 N–H and O–H groups in total.